The fourth-order valence-corrected chi connectivity index (χ4v) is 3.54. The van der Waals surface area contributed by atoms with Crippen LogP contribution < -0.4 is 5.32 Å². The van der Waals surface area contributed by atoms with Crippen LogP contribution in [0.15, 0.2) is 29.2 Å². The average Bonchev–Trinajstić information content (AvgIpc) is 2.42. The van der Waals surface area contributed by atoms with Crippen LogP contribution in [0.4, 0.5) is 0 Å². The summed E-state index contributed by atoms with van der Waals surface area (Å²) < 4.78 is 26.5. The Morgan fingerprint density at radius 1 is 1.21 bits per heavy atom. The van der Waals surface area contributed by atoms with Gasteiger partial charge in [0.25, 0.3) is 0 Å². The van der Waals surface area contributed by atoms with Gasteiger partial charge in [0.1, 0.15) is 0 Å². The highest BCUT2D eigenvalue weighted by atomic mass is 32.2. The molecule has 0 heterocycles. The van der Waals surface area contributed by atoms with Gasteiger partial charge in [0, 0.05) is 19.6 Å². The summed E-state index contributed by atoms with van der Waals surface area (Å²) in [7, 11) is -3.36. The van der Waals surface area contributed by atoms with Crippen LogP contribution in [0.5, 0.6) is 0 Å². The molecule has 1 N–H and O–H groups in total. The number of rotatable bonds is 8. The molecule has 0 spiro atoms. The van der Waals surface area contributed by atoms with Gasteiger partial charge >= 0.3 is 0 Å². The summed E-state index contributed by atoms with van der Waals surface area (Å²) in [5, 5.41) is 3.20. The van der Waals surface area contributed by atoms with Crippen LogP contribution in [0.1, 0.15) is 32.8 Å². The van der Waals surface area contributed by atoms with Gasteiger partial charge in [0.05, 0.1) is 4.90 Å². The Balaban J connectivity index is 3.00. The van der Waals surface area contributed by atoms with E-state index in [2.05, 4.69) is 5.32 Å². The molecular formula is C14H24N2O2S. The van der Waals surface area contributed by atoms with Crippen LogP contribution in [0.3, 0.4) is 0 Å². The van der Waals surface area contributed by atoms with Gasteiger partial charge in [-0.15, -0.1) is 0 Å². The summed E-state index contributed by atoms with van der Waals surface area (Å²) in [5.74, 6) is 0. The molecule has 0 aromatic heterocycles. The molecule has 0 radical (unpaired) electrons. The molecule has 0 aliphatic heterocycles. The second kappa shape index (κ2) is 7.62. The average molecular weight is 284 g/mol. The van der Waals surface area contributed by atoms with E-state index >= 15 is 0 Å². The predicted octanol–water partition coefficient (Wildman–Crippen LogP) is 2.22. The van der Waals surface area contributed by atoms with E-state index in [9.17, 15) is 8.42 Å². The fourth-order valence-electron chi connectivity index (χ4n) is 1.93. The molecule has 5 heteroatoms. The third-order valence-electron chi connectivity index (χ3n) is 2.94. The molecule has 0 bridgehead atoms. The first-order valence-corrected chi connectivity index (χ1v) is 8.30. The lowest BCUT2D eigenvalue weighted by Crippen LogP contribution is -2.31. The minimum Gasteiger partial charge on any atom is -0.313 e. The van der Waals surface area contributed by atoms with Crippen molar-refractivity contribution in [2.24, 2.45) is 0 Å². The van der Waals surface area contributed by atoms with E-state index in [0.717, 1.165) is 18.5 Å². The summed E-state index contributed by atoms with van der Waals surface area (Å²) >= 11 is 0. The summed E-state index contributed by atoms with van der Waals surface area (Å²) in [4.78, 5) is 0.387. The van der Waals surface area contributed by atoms with Crippen LogP contribution >= 0.6 is 0 Å². The molecule has 19 heavy (non-hydrogen) atoms. The van der Waals surface area contributed by atoms with Crippen molar-refractivity contribution in [3.8, 4) is 0 Å². The first-order valence-electron chi connectivity index (χ1n) is 6.86. The van der Waals surface area contributed by atoms with Crippen molar-refractivity contribution in [1.29, 1.82) is 0 Å². The van der Waals surface area contributed by atoms with E-state index in [1.165, 1.54) is 4.31 Å². The lowest BCUT2D eigenvalue weighted by Gasteiger charge is -2.20. The maximum Gasteiger partial charge on any atom is 0.243 e. The zero-order valence-electron chi connectivity index (χ0n) is 12.0. The van der Waals surface area contributed by atoms with Crippen molar-refractivity contribution < 1.29 is 8.42 Å². The first kappa shape index (κ1) is 16.1. The summed E-state index contributed by atoms with van der Waals surface area (Å²) in [6.07, 6.45) is 0.824. The van der Waals surface area contributed by atoms with E-state index in [1.807, 2.05) is 26.8 Å². The van der Waals surface area contributed by atoms with E-state index in [-0.39, 0.29) is 0 Å². The molecule has 0 atom stereocenters. The van der Waals surface area contributed by atoms with E-state index in [4.69, 9.17) is 0 Å². The lowest BCUT2D eigenvalue weighted by atomic mass is 10.2. The van der Waals surface area contributed by atoms with Crippen molar-refractivity contribution in [1.82, 2.24) is 9.62 Å². The molecule has 1 aromatic carbocycles. The van der Waals surface area contributed by atoms with Gasteiger partial charge in [-0.05, 0) is 30.7 Å². The number of hydrogen-bond donors (Lipinski definition) is 1. The molecule has 0 fully saturated rings. The van der Waals surface area contributed by atoms with Crippen LogP contribution in [0, 0.1) is 0 Å². The number of nitrogens with one attached hydrogen (secondary N) is 1. The van der Waals surface area contributed by atoms with Gasteiger partial charge in [0.15, 0.2) is 0 Å². The molecule has 0 saturated carbocycles. The highest BCUT2D eigenvalue weighted by molar-refractivity contribution is 7.89. The Hall–Kier alpha value is -0.910. The van der Waals surface area contributed by atoms with E-state index < -0.39 is 10.0 Å². The van der Waals surface area contributed by atoms with E-state index in [1.54, 1.807) is 18.2 Å². The van der Waals surface area contributed by atoms with Crippen LogP contribution in [-0.4, -0.2) is 32.4 Å². The molecule has 108 valence electrons. The maximum absolute atomic E-state index is 12.5. The fraction of sp³-hybridized carbons (Fsp3) is 0.571. The molecule has 0 aliphatic rings. The van der Waals surface area contributed by atoms with Gasteiger partial charge in [-0.1, -0.05) is 32.9 Å². The Morgan fingerprint density at radius 3 is 2.53 bits per heavy atom. The molecule has 0 aliphatic carbocycles. The Morgan fingerprint density at radius 2 is 1.95 bits per heavy atom. The molecular weight excluding hydrogens is 260 g/mol. The molecule has 0 saturated heterocycles. The minimum atomic E-state index is -3.36. The number of benzene rings is 1. The second-order valence-electron chi connectivity index (χ2n) is 4.42. The number of hydrogen-bond acceptors (Lipinski definition) is 3. The Kier molecular flexibility index (Phi) is 6.48. The third-order valence-corrected chi connectivity index (χ3v) is 4.91. The molecule has 0 unspecified atom stereocenters. The molecule has 4 nitrogen and oxygen atoms in total. The van der Waals surface area contributed by atoms with Crippen molar-refractivity contribution in [2.75, 3.05) is 19.6 Å². The topological polar surface area (TPSA) is 49.4 Å². The van der Waals surface area contributed by atoms with Crippen LogP contribution in [-0.2, 0) is 16.6 Å². The summed E-state index contributed by atoms with van der Waals surface area (Å²) in [6, 6.07) is 7.18. The second-order valence-corrected chi connectivity index (χ2v) is 6.36. The Labute approximate surface area is 116 Å². The third kappa shape index (κ3) is 4.30. The van der Waals surface area contributed by atoms with Crippen molar-refractivity contribution in [3.63, 3.8) is 0 Å². The lowest BCUT2D eigenvalue weighted by molar-refractivity contribution is 0.427. The quantitative estimate of drug-likeness (QED) is 0.796. The minimum absolute atomic E-state index is 0.387. The van der Waals surface area contributed by atoms with Gasteiger partial charge in [0.2, 0.25) is 10.0 Å². The zero-order chi connectivity index (χ0) is 14.3. The highest BCUT2D eigenvalue weighted by Gasteiger charge is 2.22. The molecule has 1 aromatic rings. The predicted molar refractivity (Wildman–Crippen MR) is 78.5 cm³/mol. The van der Waals surface area contributed by atoms with E-state index in [0.29, 0.717) is 24.5 Å². The largest absolute Gasteiger partial charge is 0.313 e. The monoisotopic (exact) mass is 284 g/mol. The van der Waals surface area contributed by atoms with Gasteiger partial charge in [-0.3, -0.25) is 0 Å². The highest BCUT2D eigenvalue weighted by Crippen LogP contribution is 2.17. The zero-order valence-corrected chi connectivity index (χ0v) is 12.8. The van der Waals surface area contributed by atoms with Crippen molar-refractivity contribution in [3.05, 3.63) is 29.8 Å². The molecule has 1 rings (SSSR count). The maximum atomic E-state index is 12.5. The van der Waals surface area contributed by atoms with Gasteiger partial charge < -0.3 is 5.32 Å². The number of sulfonamides is 1. The molecule has 0 amide bonds. The first-order chi connectivity index (χ1) is 9.06. The van der Waals surface area contributed by atoms with Gasteiger partial charge in [-0.2, -0.15) is 4.31 Å². The normalized spacial score (nSPS) is 12.0. The van der Waals surface area contributed by atoms with Crippen LogP contribution in [0.25, 0.3) is 0 Å². The summed E-state index contributed by atoms with van der Waals surface area (Å²) in [5.41, 5.74) is 0.996. The smallest absolute Gasteiger partial charge is 0.243 e. The number of nitrogens with zero attached hydrogens (tertiary/aromatic N) is 1. The van der Waals surface area contributed by atoms with Crippen molar-refractivity contribution >= 4 is 10.0 Å². The van der Waals surface area contributed by atoms with Crippen molar-refractivity contribution in [2.45, 2.75) is 38.6 Å². The SMILES string of the molecule is CCCN(CC)S(=O)(=O)c1cccc(CNCC)c1. The summed E-state index contributed by atoms with van der Waals surface area (Å²) in [6.45, 7) is 8.52. The van der Waals surface area contributed by atoms with Gasteiger partial charge in [-0.25, -0.2) is 8.42 Å². The Bertz CT molecular complexity index is 486. The standard InChI is InChI=1S/C14H24N2O2S/c1-4-10-16(6-3)19(17,18)14-9-7-8-13(11-14)12-15-5-2/h7-9,11,15H,4-6,10,12H2,1-3H3. The van der Waals surface area contributed by atoms with Crippen LogP contribution in [0.2, 0.25) is 0 Å².